The molecule has 2 amide bonds. The number of nitrogens with one attached hydrogen (secondary N) is 2. The number of amides is 2. The van der Waals surface area contributed by atoms with Crippen molar-refractivity contribution in [2.75, 3.05) is 12.4 Å². The fourth-order valence-electron chi connectivity index (χ4n) is 2.14. The van der Waals surface area contributed by atoms with Crippen molar-refractivity contribution in [1.82, 2.24) is 5.32 Å². The number of aryl methyl sites for hydroxylation is 1. The van der Waals surface area contributed by atoms with E-state index in [1.54, 1.807) is 13.0 Å². The third-order valence-electron chi connectivity index (χ3n) is 3.35. The third-order valence-corrected chi connectivity index (χ3v) is 3.35. The minimum absolute atomic E-state index is 0.224. The number of methoxy groups -OCH3 is 1. The van der Waals surface area contributed by atoms with Crippen molar-refractivity contribution < 1.29 is 37.0 Å². The molecule has 1 rings (SSSR count). The summed E-state index contributed by atoms with van der Waals surface area (Å²) in [7, 11) is 1.45. The summed E-state index contributed by atoms with van der Waals surface area (Å²) in [5.41, 5.74) is -0.228. The minimum atomic E-state index is -4.79. The molecule has 156 valence electrons. The molecule has 0 saturated heterocycles. The Hall–Kier alpha value is -2.78. The second-order valence-electron chi connectivity index (χ2n) is 7.02. The maximum atomic E-state index is 12.8. The first-order valence-electron chi connectivity index (χ1n) is 8.28. The first-order valence-corrected chi connectivity index (χ1v) is 8.28. The molecule has 0 radical (unpaired) electrons. The molecule has 2 N–H and O–H groups in total. The number of Topliss-reactive ketones (excluding diaryl/α,β-unsaturated/α-hetero) is 1. The van der Waals surface area contributed by atoms with Gasteiger partial charge < -0.3 is 20.1 Å². The molecule has 10 heteroatoms. The summed E-state index contributed by atoms with van der Waals surface area (Å²) in [5, 5.41) is 4.06. The Morgan fingerprint density at radius 3 is 2.21 bits per heavy atom. The molecule has 0 aliphatic heterocycles. The van der Waals surface area contributed by atoms with Gasteiger partial charge in [-0.3, -0.25) is 9.59 Å². The van der Waals surface area contributed by atoms with Crippen molar-refractivity contribution in [2.24, 2.45) is 0 Å². The molecule has 0 bridgehead atoms. The zero-order valence-electron chi connectivity index (χ0n) is 16.2. The fourth-order valence-corrected chi connectivity index (χ4v) is 2.14. The van der Waals surface area contributed by atoms with E-state index < -0.39 is 42.0 Å². The zero-order chi connectivity index (χ0) is 21.7. The van der Waals surface area contributed by atoms with E-state index in [4.69, 9.17) is 9.47 Å². The summed E-state index contributed by atoms with van der Waals surface area (Å²) >= 11 is 0. The normalized spacial score (nSPS) is 12.7. The van der Waals surface area contributed by atoms with E-state index in [2.05, 4.69) is 5.32 Å². The van der Waals surface area contributed by atoms with Crippen LogP contribution < -0.4 is 15.4 Å². The number of carbonyl (C=O) groups is 3. The van der Waals surface area contributed by atoms with Crippen LogP contribution in [0.1, 0.15) is 32.8 Å². The van der Waals surface area contributed by atoms with Gasteiger partial charge in [-0.1, -0.05) is 0 Å². The van der Waals surface area contributed by atoms with Gasteiger partial charge in [0, 0.05) is 5.69 Å². The van der Waals surface area contributed by atoms with Gasteiger partial charge in [-0.05, 0) is 51.5 Å². The summed E-state index contributed by atoms with van der Waals surface area (Å²) in [4.78, 5) is 36.2. The highest BCUT2D eigenvalue weighted by molar-refractivity contribution is 6.42. The summed E-state index contributed by atoms with van der Waals surface area (Å²) in [6, 6.07) is 2.42. The number of ketones is 1. The van der Waals surface area contributed by atoms with Gasteiger partial charge in [0.1, 0.15) is 17.4 Å². The number of alkyl carbamates (subject to hydrolysis) is 1. The maximum Gasteiger partial charge on any atom is 0.408 e. The molecular formula is C18H23F3N2O5. The first-order chi connectivity index (χ1) is 12.7. The summed E-state index contributed by atoms with van der Waals surface area (Å²) in [6.07, 6.45) is -7.73. The van der Waals surface area contributed by atoms with Gasteiger partial charge >= 0.3 is 12.3 Å². The minimum Gasteiger partial charge on any atom is -0.497 e. The lowest BCUT2D eigenvalue weighted by Gasteiger charge is -2.23. The smallest absolute Gasteiger partial charge is 0.408 e. The van der Waals surface area contributed by atoms with Gasteiger partial charge in [0.05, 0.1) is 13.5 Å². The van der Waals surface area contributed by atoms with Crippen LogP contribution in [0.2, 0.25) is 0 Å². The monoisotopic (exact) mass is 404 g/mol. The molecule has 0 heterocycles. The maximum absolute atomic E-state index is 12.8. The van der Waals surface area contributed by atoms with Crippen molar-refractivity contribution in [3.63, 3.8) is 0 Å². The highest BCUT2D eigenvalue weighted by Crippen LogP contribution is 2.24. The van der Waals surface area contributed by atoms with Gasteiger partial charge in [0.25, 0.3) is 5.91 Å². The van der Waals surface area contributed by atoms with Crippen molar-refractivity contribution in [1.29, 1.82) is 0 Å². The van der Waals surface area contributed by atoms with E-state index in [1.807, 2.05) is 5.32 Å². The number of rotatable bonds is 6. The van der Waals surface area contributed by atoms with E-state index in [-0.39, 0.29) is 5.69 Å². The molecule has 28 heavy (non-hydrogen) atoms. The molecular weight excluding hydrogens is 381 g/mol. The van der Waals surface area contributed by atoms with Crippen molar-refractivity contribution in [3.05, 3.63) is 23.8 Å². The molecule has 1 atom stereocenters. The van der Waals surface area contributed by atoms with Crippen LogP contribution in [0, 0.1) is 6.92 Å². The van der Waals surface area contributed by atoms with Crippen LogP contribution in [0.25, 0.3) is 0 Å². The van der Waals surface area contributed by atoms with Crippen LogP contribution in [0.5, 0.6) is 5.75 Å². The number of hydrogen-bond acceptors (Lipinski definition) is 5. The molecule has 1 unspecified atom stereocenters. The van der Waals surface area contributed by atoms with Crippen LogP contribution in [-0.4, -0.2) is 42.7 Å². The molecule has 0 saturated carbocycles. The number of halogens is 3. The predicted octanol–water partition coefficient (Wildman–Crippen LogP) is 3.36. The number of alkyl halides is 3. The SMILES string of the molecule is COc1ccc(NC(=O)C(=O)C(CC(F)(F)F)NC(=O)OC(C)(C)C)c(C)c1. The molecule has 0 aliphatic rings. The number of benzene rings is 1. The Morgan fingerprint density at radius 2 is 1.75 bits per heavy atom. The van der Waals surface area contributed by atoms with Crippen molar-refractivity contribution in [3.8, 4) is 5.75 Å². The van der Waals surface area contributed by atoms with Gasteiger partial charge in [-0.25, -0.2) is 4.79 Å². The van der Waals surface area contributed by atoms with Crippen LogP contribution in [0.3, 0.4) is 0 Å². The Labute approximate surface area is 160 Å². The van der Waals surface area contributed by atoms with Crippen molar-refractivity contribution >= 4 is 23.5 Å². The number of anilines is 1. The molecule has 0 aliphatic carbocycles. The molecule has 1 aromatic rings. The van der Waals surface area contributed by atoms with Crippen LogP contribution in [0.15, 0.2) is 18.2 Å². The Morgan fingerprint density at radius 1 is 1.14 bits per heavy atom. The molecule has 0 fully saturated rings. The van der Waals surface area contributed by atoms with Crippen molar-refractivity contribution in [2.45, 2.75) is 51.9 Å². The first kappa shape index (κ1) is 23.3. The van der Waals surface area contributed by atoms with E-state index in [0.717, 1.165) is 0 Å². The molecule has 7 nitrogen and oxygen atoms in total. The number of carbonyl (C=O) groups excluding carboxylic acids is 3. The highest BCUT2D eigenvalue weighted by atomic mass is 19.4. The zero-order valence-corrected chi connectivity index (χ0v) is 16.2. The molecule has 0 aromatic heterocycles. The van der Waals surface area contributed by atoms with Crippen LogP contribution in [0.4, 0.5) is 23.7 Å². The standard InChI is InChI=1S/C18H23F3N2O5/c1-10-8-11(27-5)6-7-12(10)22-15(25)14(24)13(9-18(19,20)21)23-16(26)28-17(2,3)4/h6-8,13H,9H2,1-5H3,(H,22,25)(H,23,26). The number of hydrogen-bond donors (Lipinski definition) is 2. The van der Waals surface area contributed by atoms with Gasteiger partial charge in [0.15, 0.2) is 0 Å². The summed E-state index contributed by atoms with van der Waals surface area (Å²) in [5.74, 6) is -2.24. The lowest BCUT2D eigenvalue weighted by Crippen LogP contribution is -2.49. The lowest BCUT2D eigenvalue weighted by atomic mass is 10.1. The molecule has 0 spiro atoms. The topological polar surface area (TPSA) is 93.7 Å². The van der Waals surface area contributed by atoms with E-state index in [9.17, 15) is 27.6 Å². The van der Waals surface area contributed by atoms with Gasteiger partial charge in [-0.15, -0.1) is 0 Å². The number of ether oxygens (including phenoxy) is 2. The highest BCUT2D eigenvalue weighted by Gasteiger charge is 2.39. The average Bonchev–Trinajstić information content (AvgIpc) is 2.52. The second kappa shape index (κ2) is 8.94. The predicted molar refractivity (Wildman–Crippen MR) is 95.2 cm³/mol. The van der Waals surface area contributed by atoms with Crippen LogP contribution in [-0.2, 0) is 14.3 Å². The fraction of sp³-hybridized carbons (Fsp3) is 0.500. The van der Waals surface area contributed by atoms with E-state index >= 15 is 0 Å². The van der Waals surface area contributed by atoms with Gasteiger partial charge in [0.2, 0.25) is 5.78 Å². The van der Waals surface area contributed by atoms with E-state index in [1.165, 1.54) is 40.0 Å². The largest absolute Gasteiger partial charge is 0.497 e. The summed E-state index contributed by atoms with van der Waals surface area (Å²) < 4.78 is 48.3. The van der Waals surface area contributed by atoms with E-state index in [0.29, 0.717) is 11.3 Å². The third kappa shape index (κ3) is 7.85. The Kier molecular flexibility index (Phi) is 7.43. The quantitative estimate of drug-likeness (QED) is 0.709. The Bertz CT molecular complexity index is 742. The Balaban J connectivity index is 2.95. The van der Waals surface area contributed by atoms with Crippen LogP contribution >= 0.6 is 0 Å². The van der Waals surface area contributed by atoms with Gasteiger partial charge in [-0.2, -0.15) is 13.2 Å². The molecule has 1 aromatic carbocycles. The second-order valence-corrected chi connectivity index (χ2v) is 7.02. The summed E-state index contributed by atoms with van der Waals surface area (Å²) in [6.45, 7) is 6.14. The average molecular weight is 404 g/mol. The lowest BCUT2D eigenvalue weighted by molar-refractivity contribution is -0.151.